The lowest BCUT2D eigenvalue weighted by molar-refractivity contribution is -0.115. The number of furan rings is 1. The molecule has 8 heteroatoms. The van der Waals surface area contributed by atoms with Crippen molar-refractivity contribution in [2.75, 3.05) is 7.05 Å². The molecule has 0 spiro atoms. The predicted molar refractivity (Wildman–Crippen MR) is 94.8 cm³/mol. The number of guanidine groups is 1. The van der Waals surface area contributed by atoms with Gasteiger partial charge >= 0.3 is 0 Å². The third kappa shape index (κ3) is 3.01. The highest BCUT2D eigenvalue weighted by molar-refractivity contribution is 6.31. The van der Waals surface area contributed by atoms with Crippen molar-refractivity contribution in [3.63, 3.8) is 0 Å². The normalized spacial score (nSPS) is 15.7. The quantitative estimate of drug-likeness (QED) is 0.707. The summed E-state index contributed by atoms with van der Waals surface area (Å²) in [6.45, 7) is 0.506. The van der Waals surface area contributed by atoms with Crippen molar-refractivity contribution >= 4 is 40.6 Å². The summed E-state index contributed by atoms with van der Waals surface area (Å²) in [6, 6.07) is 5.49. The molecule has 7 nitrogen and oxygen atoms in total. The SMILES string of the molecule is CN(Cc1ccco1)C1=N/C(=C\c2c[nH]c3ncc(Cl)cc23)C(=O)N1. The number of rotatable bonds is 3. The maximum Gasteiger partial charge on any atom is 0.276 e. The minimum absolute atomic E-state index is 0.259. The zero-order valence-corrected chi connectivity index (χ0v) is 14.0. The van der Waals surface area contributed by atoms with Crippen LogP contribution in [0.2, 0.25) is 5.02 Å². The molecule has 2 N–H and O–H groups in total. The highest BCUT2D eigenvalue weighted by Crippen LogP contribution is 2.23. The molecule has 0 radical (unpaired) electrons. The molecule has 1 aliphatic rings. The first-order valence-corrected chi connectivity index (χ1v) is 7.96. The van der Waals surface area contributed by atoms with E-state index in [1.165, 1.54) is 0 Å². The molecule has 1 amide bonds. The zero-order chi connectivity index (χ0) is 17.4. The summed E-state index contributed by atoms with van der Waals surface area (Å²) in [7, 11) is 1.83. The van der Waals surface area contributed by atoms with Crippen LogP contribution < -0.4 is 5.32 Å². The van der Waals surface area contributed by atoms with Crippen molar-refractivity contribution in [1.82, 2.24) is 20.2 Å². The summed E-state index contributed by atoms with van der Waals surface area (Å²) in [6.07, 6.45) is 6.66. The Bertz CT molecular complexity index is 1000. The smallest absolute Gasteiger partial charge is 0.276 e. The number of hydrogen-bond acceptors (Lipinski definition) is 5. The predicted octanol–water partition coefficient (Wildman–Crippen LogP) is 2.77. The average molecular weight is 356 g/mol. The first kappa shape index (κ1) is 15.5. The van der Waals surface area contributed by atoms with Gasteiger partial charge < -0.3 is 14.3 Å². The van der Waals surface area contributed by atoms with Gasteiger partial charge in [0.15, 0.2) is 0 Å². The van der Waals surface area contributed by atoms with Crippen LogP contribution in [0.25, 0.3) is 17.1 Å². The van der Waals surface area contributed by atoms with Gasteiger partial charge in [-0.05, 0) is 24.3 Å². The largest absolute Gasteiger partial charge is 0.467 e. The number of fused-ring (bicyclic) bond motifs is 1. The van der Waals surface area contributed by atoms with E-state index in [2.05, 4.69) is 20.3 Å². The van der Waals surface area contributed by atoms with E-state index in [1.807, 2.05) is 24.1 Å². The molecule has 25 heavy (non-hydrogen) atoms. The number of nitrogens with one attached hydrogen (secondary N) is 2. The molecule has 0 bridgehead atoms. The highest BCUT2D eigenvalue weighted by atomic mass is 35.5. The second-order valence-electron chi connectivity index (χ2n) is 5.65. The van der Waals surface area contributed by atoms with Crippen LogP contribution in [0, 0.1) is 0 Å². The van der Waals surface area contributed by atoms with Crippen LogP contribution in [-0.2, 0) is 11.3 Å². The molecule has 0 fully saturated rings. The van der Waals surface area contributed by atoms with Crippen LogP contribution in [0.4, 0.5) is 0 Å². The lowest BCUT2D eigenvalue weighted by Crippen LogP contribution is -2.37. The Kier molecular flexibility index (Phi) is 3.77. The van der Waals surface area contributed by atoms with Gasteiger partial charge in [-0.3, -0.25) is 10.1 Å². The number of halogens is 1. The van der Waals surface area contributed by atoms with Crippen molar-refractivity contribution in [2.45, 2.75) is 6.54 Å². The van der Waals surface area contributed by atoms with E-state index in [0.717, 1.165) is 16.7 Å². The minimum atomic E-state index is -0.259. The molecule has 0 aliphatic carbocycles. The first-order chi connectivity index (χ1) is 12.1. The zero-order valence-electron chi connectivity index (χ0n) is 13.3. The Morgan fingerprint density at radius 2 is 2.32 bits per heavy atom. The molecule has 3 aromatic heterocycles. The Balaban J connectivity index is 1.62. The van der Waals surface area contributed by atoms with Gasteiger partial charge in [-0.15, -0.1) is 0 Å². The van der Waals surface area contributed by atoms with Gasteiger partial charge in [-0.25, -0.2) is 9.98 Å². The number of carbonyl (C=O) groups is 1. The lowest BCUT2D eigenvalue weighted by Gasteiger charge is -2.16. The fraction of sp³-hybridized carbons (Fsp3) is 0.118. The Hall–Kier alpha value is -3.06. The third-order valence-corrected chi connectivity index (χ3v) is 4.05. The number of amides is 1. The molecule has 0 atom stereocenters. The van der Waals surface area contributed by atoms with Crippen LogP contribution in [0.5, 0.6) is 0 Å². The van der Waals surface area contributed by atoms with Crippen molar-refractivity contribution in [3.05, 3.63) is 58.9 Å². The maximum atomic E-state index is 12.2. The fourth-order valence-corrected chi connectivity index (χ4v) is 2.77. The number of pyridine rings is 1. The number of aromatic amines is 1. The Labute approximate surface area is 148 Å². The van der Waals surface area contributed by atoms with Gasteiger partial charge in [0.2, 0.25) is 5.96 Å². The standard InChI is InChI=1S/C17H14ClN5O2/c1-23(9-12-3-2-4-25-12)17-21-14(16(24)22-17)5-10-7-19-15-13(10)6-11(18)8-20-15/h2-8H,9H2,1H3,(H,19,20)(H,21,22,24)/b14-5-. The van der Waals surface area contributed by atoms with Gasteiger partial charge in [-0.1, -0.05) is 11.6 Å². The summed E-state index contributed by atoms with van der Waals surface area (Å²) in [5.41, 5.74) is 1.82. The summed E-state index contributed by atoms with van der Waals surface area (Å²) >= 11 is 6.01. The van der Waals surface area contributed by atoms with Crippen LogP contribution >= 0.6 is 11.6 Å². The van der Waals surface area contributed by atoms with E-state index in [4.69, 9.17) is 16.0 Å². The van der Waals surface area contributed by atoms with Gasteiger partial charge in [-0.2, -0.15) is 0 Å². The molecule has 4 heterocycles. The molecule has 126 valence electrons. The fourth-order valence-electron chi connectivity index (χ4n) is 2.61. The van der Waals surface area contributed by atoms with E-state index in [9.17, 15) is 4.79 Å². The Morgan fingerprint density at radius 3 is 3.12 bits per heavy atom. The molecule has 0 aromatic carbocycles. The summed E-state index contributed by atoms with van der Waals surface area (Å²) in [4.78, 5) is 25.7. The molecule has 3 aromatic rings. The third-order valence-electron chi connectivity index (χ3n) is 3.84. The van der Waals surface area contributed by atoms with E-state index in [-0.39, 0.29) is 5.91 Å². The average Bonchev–Trinajstić information content (AvgIpc) is 3.30. The summed E-state index contributed by atoms with van der Waals surface area (Å²) < 4.78 is 5.31. The minimum Gasteiger partial charge on any atom is -0.467 e. The number of aromatic nitrogens is 2. The van der Waals surface area contributed by atoms with E-state index in [1.54, 1.807) is 30.8 Å². The topological polar surface area (TPSA) is 86.5 Å². The van der Waals surface area contributed by atoms with E-state index >= 15 is 0 Å². The summed E-state index contributed by atoms with van der Waals surface area (Å²) in [5.74, 6) is 1.00. The number of aliphatic imine (C=N–C) groups is 1. The van der Waals surface area contributed by atoms with Crippen molar-refractivity contribution in [2.24, 2.45) is 4.99 Å². The molecule has 0 saturated heterocycles. The van der Waals surface area contributed by atoms with Crippen LogP contribution in [0.15, 0.2) is 52.0 Å². The highest BCUT2D eigenvalue weighted by Gasteiger charge is 2.23. The van der Waals surface area contributed by atoms with E-state index < -0.39 is 0 Å². The molecular weight excluding hydrogens is 342 g/mol. The second kappa shape index (κ2) is 6.10. The number of carbonyl (C=O) groups excluding carboxylic acids is 1. The van der Waals surface area contributed by atoms with Gasteiger partial charge in [0, 0.05) is 30.4 Å². The molecular formula is C17H14ClN5O2. The van der Waals surface area contributed by atoms with Crippen LogP contribution in [0.3, 0.4) is 0 Å². The van der Waals surface area contributed by atoms with E-state index in [0.29, 0.717) is 28.9 Å². The Morgan fingerprint density at radius 1 is 1.44 bits per heavy atom. The van der Waals surface area contributed by atoms with Gasteiger partial charge in [0.1, 0.15) is 17.1 Å². The van der Waals surface area contributed by atoms with Crippen LogP contribution in [0.1, 0.15) is 11.3 Å². The second-order valence-corrected chi connectivity index (χ2v) is 6.08. The summed E-state index contributed by atoms with van der Waals surface area (Å²) in [5, 5.41) is 4.13. The molecule has 0 saturated carbocycles. The first-order valence-electron chi connectivity index (χ1n) is 7.58. The molecule has 4 rings (SSSR count). The molecule has 1 aliphatic heterocycles. The maximum absolute atomic E-state index is 12.2. The number of H-pyrrole nitrogens is 1. The van der Waals surface area contributed by atoms with Crippen molar-refractivity contribution in [1.29, 1.82) is 0 Å². The number of hydrogen-bond donors (Lipinski definition) is 2. The lowest BCUT2D eigenvalue weighted by atomic mass is 10.2. The van der Waals surface area contributed by atoms with Gasteiger partial charge in [0.25, 0.3) is 5.91 Å². The van der Waals surface area contributed by atoms with Crippen molar-refractivity contribution in [3.8, 4) is 0 Å². The van der Waals surface area contributed by atoms with Crippen molar-refractivity contribution < 1.29 is 9.21 Å². The van der Waals surface area contributed by atoms with Crippen LogP contribution in [-0.4, -0.2) is 33.8 Å². The van der Waals surface area contributed by atoms with Gasteiger partial charge in [0.05, 0.1) is 17.8 Å². The number of nitrogens with zero attached hydrogens (tertiary/aromatic N) is 3. The monoisotopic (exact) mass is 355 g/mol. The molecule has 0 unspecified atom stereocenters.